The first-order valence-electron chi connectivity index (χ1n) is 15.1. The fourth-order valence-corrected chi connectivity index (χ4v) is 6.11. The Morgan fingerprint density at radius 1 is 0.796 bits per heavy atom. The third-order valence-electron chi connectivity index (χ3n) is 7.59. The molecule has 0 bridgehead atoms. The lowest BCUT2D eigenvalue weighted by Crippen LogP contribution is -2.31. The second kappa shape index (κ2) is 15.3. The summed E-state index contributed by atoms with van der Waals surface area (Å²) in [4.78, 5) is 66.2. The van der Waals surface area contributed by atoms with Crippen LogP contribution in [0.4, 0.5) is 11.4 Å². The van der Waals surface area contributed by atoms with Gasteiger partial charge >= 0.3 is 0 Å². The van der Waals surface area contributed by atoms with Crippen molar-refractivity contribution in [3.63, 3.8) is 0 Å². The average Bonchev–Trinajstić information content (AvgIpc) is 3.40. The number of carbonyl (C=O) groups is 5. The third-order valence-corrected chi connectivity index (χ3v) is 8.79. The molecule has 1 aliphatic heterocycles. The van der Waals surface area contributed by atoms with Gasteiger partial charge in [0.1, 0.15) is 11.4 Å². The van der Waals surface area contributed by atoms with Crippen molar-refractivity contribution < 1.29 is 38.2 Å². The Labute approximate surface area is 287 Å². The topological polar surface area (TPSA) is 140 Å². The van der Waals surface area contributed by atoms with Crippen molar-refractivity contribution in [3.05, 3.63) is 113 Å². The molecule has 49 heavy (non-hydrogen) atoms. The van der Waals surface area contributed by atoms with Gasteiger partial charge in [0.15, 0.2) is 17.3 Å². The fraction of sp³-hybridized carbons (Fsp3) is 0.162. The summed E-state index contributed by atoms with van der Waals surface area (Å²) in [5.41, 5.74) is 2.06. The molecule has 0 radical (unpaired) electrons. The minimum atomic E-state index is -0.639. The van der Waals surface area contributed by atoms with E-state index in [0.717, 1.165) is 4.90 Å². The van der Waals surface area contributed by atoms with Crippen molar-refractivity contribution in [2.45, 2.75) is 23.5 Å². The Kier molecular flexibility index (Phi) is 10.8. The highest BCUT2D eigenvalue weighted by Gasteiger charge is 2.40. The van der Waals surface area contributed by atoms with Crippen LogP contribution in [-0.2, 0) is 14.4 Å². The number of anilines is 2. The van der Waals surface area contributed by atoms with E-state index in [2.05, 4.69) is 10.6 Å². The molecule has 5 rings (SSSR count). The van der Waals surface area contributed by atoms with Crippen LogP contribution < -0.4 is 29.7 Å². The molecule has 1 fully saturated rings. The van der Waals surface area contributed by atoms with Crippen molar-refractivity contribution in [2.24, 2.45) is 0 Å². The lowest BCUT2D eigenvalue weighted by atomic mass is 10.1. The first-order valence-corrected chi connectivity index (χ1v) is 15.9. The van der Waals surface area contributed by atoms with Gasteiger partial charge in [0, 0.05) is 39.8 Å². The van der Waals surface area contributed by atoms with E-state index >= 15 is 0 Å². The van der Waals surface area contributed by atoms with E-state index in [1.54, 1.807) is 91.0 Å². The van der Waals surface area contributed by atoms with Gasteiger partial charge in [0.2, 0.25) is 11.8 Å². The number of ether oxygens (including phenoxy) is 3. The molecule has 0 aliphatic carbocycles. The number of rotatable bonds is 12. The number of hydrogen-bond donors (Lipinski definition) is 2. The number of benzene rings is 4. The van der Waals surface area contributed by atoms with E-state index in [0.29, 0.717) is 50.2 Å². The fourth-order valence-electron chi connectivity index (χ4n) is 5.06. The normalized spacial score (nSPS) is 14.3. The number of nitrogens with one attached hydrogen (secondary N) is 2. The van der Waals surface area contributed by atoms with Crippen LogP contribution in [0.5, 0.6) is 17.2 Å². The van der Waals surface area contributed by atoms with Gasteiger partial charge in [0.25, 0.3) is 11.8 Å². The molecule has 1 heterocycles. The van der Waals surface area contributed by atoms with Gasteiger partial charge in [-0.2, -0.15) is 0 Å². The second-order valence-electron chi connectivity index (χ2n) is 10.8. The molecule has 1 atom stereocenters. The minimum Gasteiger partial charge on any atom is -0.496 e. The van der Waals surface area contributed by atoms with Gasteiger partial charge in [-0.05, 0) is 79.7 Å². The van der Waals surface area contributed by atoms with E-state index in [4.69, 9.17) is 14.2 Å². The number of nitrogens with zero attached hydrogens (tertiary/aromatic N) is 1. The van der Waals surface area contributed by atoms with Gasteiger partial charge in [-0.15, -0.1) is 11.8 Å². The van der Waals surface area contributed by atoms with Crippen LogP contribution >= 0.6 is 11.8 Å². The van der Waals surface area contributed by atoms with Crippen molar-refractivity contribution in [1.29, 1.82) is 0 Å². The highest BCUT2D eigenvalue weighted by molar-refractivity contribution is 8.00. The zero-order valence-electron chi connectivity index (χ0n) is 27.1. The molecule has 1 saturated heterocycles. The molecule has 1 unspecified atom stereocenters. The molecule has 12 heteroatoms. The van der Waals surface area contributed by atoms with E-state index in [9.17, 15) is 24.0 Å². The van der Waals surface area contributed by atoms with Crippen molar-refractivity contribution in [2.75, 3.05) is 31.5 Å². The molecule has 0 spiro atoms. The Bertz CT molecular complexity index is 1930. The van der Waals surface area contributed by atoms with Crippen molar-refractivity contribution in [3.8, 4) is 17.2 Å². The zero-order chi connectivity index (χ0) is 35.1. The summed E-state index contributed by atoms with van der Waals surface area (Å²) >= 11 is 1.24. The van der Waals surface area contributed by atoms with Crippen LogP contribution in [-0.4, -0.2) is 56.0 Å². The van der Waals surface area contributed by atoms with E-state index < -0.39 is 17.1 Å². The predicted octanol–water partition coefficient (Wildman–Crippen LogP) is 5.75. The maximum Gasteiger partial charge on any atom is 0.272 e. The molecule has 250 valence electrons. The van der Waals surface area contributed by atoms with Gasteiger partial charge in [-0.25, -0.2) is 4.90 Å². The first-order chi connectivity index (χ1) is 23.6. The monoisotopic (exact) mass is 679 g/mol. The van der Waals surface area contributed by atoms with Crippen LogP contribution in [0.15, 0.2) is 102 Å². The quantitative estimate of drug-likeness (QED) is 0.109. The maximum atomic E-state index is 13.6. The number of thioether (sulfide) groups is 1. The van der Waals surface area contributed by atoms with Crippen molar-refractivity contribution in [1.82, 2.24) is 5.32 Å². The van der Waals surface area contributed by atoms with E-state index in [1.807, 2.05) is 0 Å². The summed E-state index contributed by atoms with van der Waals surface area (Å²) in [5.74, 6) is -0.688. The van der Waals surface area contributed by atoms with Gasteiger partial charge in [-0.3, -0.25) is 24.0 Å². The zero-order valence-corrected chi connectivity index (χ0v) is 28.0. The summed E-state index contributed by atoms with van der Waals surface area (Å²) in [7, 11) is 4.45. The molecule has 4 aromatic carbocycles. The molecular weight excluding hydrogens is 646 g/mol. The van der Waals surface area contributed by atoms with Crippen LogP contribution in [0.25, 0.3) is 6.08 Å². The van der Waals surface area contributed by atoms with Crippen LogP contribution in [0.1, 0.15) is 39.6 Å². The molecule has 1 aliphatic rings. The minimum absolute atomic E-state index is 0.0192. The summed E-state index contributed by atoms with van der Waals surface area (Å²) in [6.45, 7) is 1.45. The maximum absolute atomic E-state index is 13.6. The lowest BCUT2D eigenvalue weighted by molar-refractivity contribution is -0.121. The molecule has 0 saturated carbocycles. The van der Waals surface area contributed by atoms with Crippen LogP contribution in [0.3, 0.4) is 0 Å². The summed E-state index contributed by atoms with van der Waals surface area (Å²) in [6, 6.07) is 24.8. The molecule has 11 nitrogen and oxygen atoms in total. The Hall–Kier alpha value is -5.88. The van der Waals surface area contributed by atoms with Gasteiger partial charge < -0.3 is 24.8 Å². The molecule has 4 aromatic rings. The lowest BCUT2D eigenvalue weighted by Gasteiger charge is -2.15. The SMILES string of the molecule is COc1cc(OC)c(OC)cc1/C=C(\NC(=O)c1ccccc1)C(=O)Nc1ccc(SC2CC(=O)N(c3ccc(C(C)=O)cc3)C2=O)cc1. The highest BCUT2D eigenvalue weighted by atomic mass is 32.2. The number of methoxy groups -OCH3 is 3. The van der Waals surface area contributed by atoms with Crippen molar-refractivity contribution >= 4 is 58.6 Å². The predicted molar refractivity (Wildman–Crippen MR) is 186 cm³/mol. The Morgan fingerprint density at radius 2 is 1.43 bits per heavy atom. The summed E-state index contributed by atoms with van der Waals surface area (Å²) in [5, 5.41) is 4.87. The molecule has 4 amide bonds. The third kappa shape index (κ3) is 7.99. The van der Waals surface area contributed by atoms with Crippen LogP contribution in [0, 0.1) is 0 Å². The smallest absolute Gasteiger partial charge is 0.272 e. The number of carbonyl (C=O) groups excluding carboxylic acids is 5. The number of amides is 4. The van der Waals surface area contributed by atoms with Gasteiger partial charge in [0.05, 0.1) is 32.3 Å². The van der Waals surface area contributed by atoms with Gasteiger partial charge in [-0.1, -0.05) is 18.2 Å². The Balaban J connectivity index is 1.33. The highest BCUT2D eigenvalue weighted by Crippen LogP contribution is 2.36. The molecular formula is C37H33N3O8S. The number of hydrogen-bond acceptors (Lipinski definition) is 9. The largest absolute Gasteiger partial charge is 0.496 e. The number of Topliss-reactive ketones (excluding diaryl/α,β-unsaturated/α-hetero) is 1. The summed E-state index contributed by atoms with van der Waals surface area (Å²) < 4.78 is 16.3. The standard InChI is InChI=1S/C37H33N3O8S/c1-22(41)23-10-14-27(15-11-23)40-34(42)21-33(37(40)45)49-28-16-12-26(13-17-28)38-36(44)29(39-35(43)24-8-6-5-7-9-24)18-25-19-31(47-3)32(48-4)20-30(25)46-2/h5-20,33H,21H2,1-4H3,(H,38,44)(H,39,43)/b29-18-. The summed E-state index contributed by atoms with van der Waals surface area (Å²) in [6.07, 6.45) is 1.49. The Morgan fingerprint density at radius 3 is 2.04 bits per heavy atom. The average molecular weight is 680 g/mol. The number of ketones is 1. The first kappa shape index (κ1) is 34.5. The molecule has 0 aromatic heterocycles. The van der Waals surface area contributed by atoms with E-state index in [-0.39, 0.29) is 29.7 Å². The second-order valence-corrected chi connectivity index (χ2v) is 12.1. The molecule has 2 N–H and O–H groups in total. The van der Waals surface area contributed by atoms with Crippen LogP contribution in [0.2, 0.25) is 0 Å². The van der Waals surface area contributed by atoms with E-state index in [1.165, 1.54) is 46.1 Å². The number of imide groups is 1.